The summed E-state index contributed by atoms with van der Waals surface area (Å²) >= 11 is 66.9. The van der Waals surface area contributed by atoms with Crippen LogP contribution in [-0.4, -0.2) is 199 Å². The van der Waals surface area contributed by atoms with Crippen molar-refractivity contribution in [3.05, 3.63) is 0 Å². The molecule has 135 heavy (non-hydrogen) atoms. The van der Waals surface area contributed by atoms with Gasteiger partial charge in [-0.1, -0.05) is 290 Å². The van der Waals surface area contributed by atoms with Gasteiger partial charge in [-0.15, -0.1) is 0 Å². The van der Waals surface area contributed by atoms with Crippen LogP contribution < -0.4 is 0 Å². The summed E-state index contributed by atoms with van der Waals surface area (Å²) in [6, 6.07) is 0. The lowest BCUT2D eigenvalue weighted by Gasteiger charge is -2.31. The molecule has 0 amide bonds. The maximum absolute atomic E-state index is 10.3. The van der Waals surface area contributed by atoms with Crippen LogP contribution in [0.3, 0.4) is 0 Å². The zero-order chi connectivity index (χ0) is 104. The average Bonchev–Trinajstić information content (AvgIpc) is 0.851. The van der Waals surface area contributed by atoms with Crippen molar-refractivity contribution in [3.63, 3.8) is 0 Å². The van der Waals surface area contributed by atoms with E-state index in [0.29, 0.717) is 152 Å². The predicted molar refractivity (Wildman–Crippen MR) is 644 cm³/mol. The fourth-order valence-corrected chi connectivity index (χ4v) is 57.0. The van der Waals surface area contributed by atoms with Crippen LogP contribution in [0.2, 0.25) is 0 Å². The maximum Gasteiger partial charge on any atom is 0.248 e. The summed E-state index contributed by atoms with van der Waals surface area (Å²) in [6.45, 7) is 71.9. The van der Waals surface area contributed by atoms with E-state index in [1.54, 1.807) is 43.5 Å². The fourth-order valence-electron chi connectivity index (χ4n) is 10.5. The summed E-state index contributed by atoms with van der Waals surface area (Å²) in [5.41, 5.74) is -24.0. The molecule has 0 aliphatic rings. The first-order valence-corrected chi connectivity index (χ1v) is 87.0. The largest absolute Gasteiger partial charge is 0.393 e. The zero-order valence-electron chi connectivity index (χ0n) is 88.5. The lowest BCUT2D eigenvalue weighted by atomic mass is 10.0. The van der Waals surface area contributed by atoms with E-state index in [1.165, 1.54) is 131 Å². The number of aliphatic hydroxyl groups excluding tert-OH is 3. The first kappa shape index (κ1) is 147. The molecule has 0 aliphatic heterocycles. The van der Waals surface area contributed by atoms with E-state index in [2.05, 4.69) is 111 Å². The van der Waals surface area contributed by atoms with E-state index < -0.39 is 69.6 Å². The van der Waals surface area contributed by atoms with E-state index >= 15 is 0 Å². The standard InChI is InChI=1S/C41H87O7P3S6.C25H55O7P3S6.C21H47O7P3S6/c1-12-20-24-38(16-5)28-43-49(52,44-29-39(17-6)25-21-13-2)56-33-36(10)47-51(54,55-32-35(9)42)48-37(11)34-57-50(53,45-30-40(18-7)26-22-14-3)46-31-41(19-8)27-23-15-4;1-19(2)12-27-33(36,28-13-20(3)4)40-17-24(10)31-35(38,39-16-23(9)26)32-25(11)18-41-34(37,29-14-21(5)6)30-15-22(7)8;1-15(2)23-29(32,24-16(3)4)36-13-20(10)27-31(34,35-12-19(9)22)28-21(11)14-37-30(33,25-17(5)6)26-18(7)8/h35-42H,12-34H2,1-11H3;19-26H,12-18H2,1-11H3;15-22H,12-14H2,1-11H3. The van der Waals surface area contributed by atoms with Gasteiger partial charge in [0.1, 0.15) is 0 Å². The van der Waals surface area contributed by atoms with Crippen LogP contribution in [0.5, 0.6) is 0 Å². The van der Waals surface area contributed by atoms with Gasteiger partial charge in [0.25, 0.3) is 0 Å². The van der Waals surface area contributed by atoms with Crippen molar-refractivity contribution in [2.75, 3.05) is 105 Å². The van der Waals surface area contributed by atoms with E-state index in [0.717, 1.165) is 51.4 Å². The normalized spacial score (nSPS) is 18.0. The Morgan fingerprint density at radius 2 is 0.341 bits per heavy atom. The molecule has 0 aromatic carbocycles. The third-order valence-electron chi connectivity index (χ3n) is 17.8. The van der Waals surface area contributed by atoms with Crippen molar-refractivity contribution in [1.29, 1.82) is 0 Å². The zero-order valence-corrected chi connectivity index (χ0v) is 111. The highest BCUT2D eigenvalue weighted by molar-refractivity contribution is 8.71. The van der Waals surface area contributed by atoms with Crippen molar-refractivity contribution in [1.82, 2.24) is 0 Å². The number of hydrogen-bond acceptors (Lipinski definition) is 39. The molecule has 0 aromatic rings. The van der Waals surface area contributed by atoms with Crippen molar-refractivity contribution < 1.29 is 96.7 Å². The quantitative estimate of drug-likeness (QED) is 0.0481. The minimum atomic E-state index is -2.89. The molecule has 0 heterocycles. The molecule has 816 valence electrons. The molecule has 48 heteroatoms. The molecule has 0 aromatic heterocycles. The lowest BCUT2D eigenvalue weighted by molar-refractivity contribution is 0.182. The summed E-state index contributed by atoms with van der Waals surface area (Å²) in [5.74, 6) is 7.89. The second kappa shape index (κ2) is 82.6. The van der Waals surface area contributed by atoms with Crippen molar-refractivity contribution in [2.45, 2.75) is 411 Å². The van der Waals surface area contributed by atoms with Gasteiger partial charge in [0.15, 0.2) is 0 Å². The Morgan fingerprint density at radius 3 is 0.474 bits per heavy atom. The van der Waals surface area contributed by atoms with Gasteiger partial charge >= 0.3 is 0 Å². The molecule has 0 rings (SSSR count). The Labute approximate surface area is 909 Å². The van der Waals surface area contributed by atoms with Gasteiger partial charge in [-0.05, 0) is 297 Å². The van der Waals surface area contributed by atoms with E-state index in [4.69, 9.17) is 188 Å². The van der Waals surface area contributed by atoms with Crippen molar-refractivity contribution >= 4 is 260 Å². The molecule has 3 N–H and O–H groups in total. The highest BCUT2D eigenvalue weighted by Crippen LogP contribution is 2.71. The molecule has 0 saturated heterocycles. The Bertz CT molecular complexity index is 3120. The molecule has 13 unspecified atom stereocenters. The van der Waals surface area contributed by atoms with Crippen molar-refractivity contribution in [3.8, 4) is 0 Å². The Hall–Kier alpha value is 8.16. The van der Waals surface area contributed by atoms with Crippen LogP contribution in [0, 0.1) is 47.3 Å². The van der Waals surface area contributed by atoms with Gasteiger partial charge in [-0.3, -0.25) is 0 Å². The first-order chi connectivity index (χ1) is 62.7. The van der Waals surface area contributed by atoms with Gasteiger partial charge in [-0.25, -0.2) is 0 Å². The van der Waals surface area contributed by atoms with Crippen LogP contribution in [0.1, 0.15) is 331 Å². The summed E-state index contributed by atoms with van der Waals surface area (Å²) < 4.78 is 113. The Kier molecular flexibility index (Phi) is 90.1. The van der Waals surface area contributed by atoms with Crippen LogP contribution >= 0.6 is 154 Å². The molecule has 21 nitrogen and oxygen atoms in total. The van der Waals surface area contributed by atoms with Crippen LogP contribution in [0.25, 0.3) is 0 Å². The van der Waals surface area contributed by atoms with Gasteiger partial charge in [-0.2, -0.15) is 0 Å². The second-order valence-corrected chi connectivity index (χ2v) is 93.7. The first-order valence-electron chi connectivity index (χ1n) is 48.9. The third-order valence-corrected chi connectivity index (χ3v) is 67.7. The smallest absolute Gasteiger partial charge is 0.248 e. The highest BCUT2D eigenvalue weighted by Gasteiger charge is 2.37. The van der Waals surface area contributed by atoms with Gasteiger partial charge in [0.05, 0.1) is 132 Å². The molecule has 0 fully saturated rings. The Balaban J connectivity index is -0.00000199. The van der Waals surface area contributed by atoms with E-state index in [1.807, 2.05) is 96.9 Å². The predicted octanol–water partition coefficient (Wildman–Crippen LogP) is 34.5. The molecule has 0 aliphatic carbocycles. The summed E-state index contributed by atoms with van der Waals surface area (Å²) in [6.07, 6.45) is 14.9. The average molecular weight is 2430 g/mol. The van der Waals surface area contributed by atoms with Gasteiger partial charge in [0.2, 0.25) is 51.2 Å². The fraction of sp³-hybridized carbons (Fsp3) is 1.00. The SMILES string of the molecule is CC(C)COP(=S)(OCC(C)C)SCC(C)OP(=S)(OC(C)CSP(=S)(OCC(C)C)OCC(C)C)SCC(C)O.CC(O)CSP(=S)(OC(C)CSP(=S)(OC(C)C)OC(C)C)OC(C)CSP(=S)(OC(C)C)OC(C)C.CCCCC(CC)COP(=S)(OCC(CC)CCCC)SCC(C)OP(=S)(OC(C)CSP(=S)(OCC(CC)CCCC)OCC(CC)CCCC)SCC(C)O. The minimum Gasteiger partial charge on any atom is -0.393 e. The molecule has 0 bridgehead atoms. The number of aliphatic hydroxyl groups is 3. The third kappa shape index (κ3) is 82.3. The molecule has 0 saturated carbocycles. The Morgan fingerprint density at radius 1 is 0.200 bits per heavy atom. The topological polar surface area (TPSA) is 227 Å². The molecule has 13 atom stereocenters. The highest BCUT2D eigenvalue weighted by atomic mass is 32.9. The molecule has 0 spiro atoms. The summed E-state index contributed by atoms with van der Waals surface area (Å²) in [4.78, 5) is 0. The van der Waals surface area contributed by atoms with Gasteiger partial charge in [0, 0.05) is 51.8 Å². The second-order valence-electron chi connectivity index (χ2n) is 37.0. The van der Waals surface area contributed by atoms with E-state index in [9.17, 15) is 15.3 Å². The van der Waals surface area contributed by atoms with Crippen LogP contribution in [0.4, 0.5) is 0 Å². The maximum atomic E-state index is 10.3. The monoisotopic (exact) mass is 2420 g/mol. The lowest BCUT2D eigenvalue weighted by Crippen LogP contribution is -2.17. The molecule has 0 radical (unpaired) electrons. The van der Waals surface area contributed by atoms with Gasteiger partial charge < -0.3 is 96.7 Å². The number of unbranched alkanes of at least 4 members (excludes halogenated alkanes) is 4. The molecular formula is C87H189O21P9S18. The van der Waals surface area contributed by atoms with E-state index in [-0.39, 0.29) is 61.0 Å². The number of hydrogen-bond donors (Lipinski definition) is 3. The molecular weight excluding hydrogens is 2240 g/mol. The number of rotatable bonds is 87. The van der Waals surface area contributed by atoms with Crippen LogP contribution in [0.15, 0.2) is 0 Å². The summed E-state index contributed by atoms with van der Waals surface area (Å²) in [7, 11) is 0. The minimum absolute atomic E-state index is 0.0409. The summed E-state index contributed by atoms with van der Waals surface area (Å²) in [5, 5.41) is 30.1. The van der Waals surface area contributed by atoms with Crippen molar-refractivity contribution in [2.24, 2.45) is 47.3 Å². The van der Waals surface area contributed by atoms with Crippen LogP contribution in [-0.2, 0) is 188 Å².